The number of H-pyrrole nitrogens is 1. The lowest BCUT2D eigenvalue weighted by Gasteiger charge is -2.31. The number of phosphoric ester groups is 1. The van der Waals surface area contributed by atoms with Crippen molar-refractivity contribution in [2.75, 3.05) is 6.56 Å². The molecule has 4 rings (SSSR count). The van der Waals surface area contributed by atoms with Gasteiger partial charge in [0.05, 0.1) is 16.3 Å². The molecule has 204 valence electrons. The molecule has 11 nitrogen and oxygen atoms in total. The Morgan fingerprint density at radius 3 is 2.62 bits per heavy atom. The van der Waals surface area contributed by atoms with E-state index in [4.69, 9.17) is 34.0 Å². The summed E-state index contributed by atoms with van der Waals surface area (Å²) in [5.74, 6) is -5.69. The number of phosphoric acid groups is 1. The molecule has 1 aromatic heterocycles. The fourth-order valence-corrected chi connectivity index (χ4v) is 5.02. The monoisotopic (exact) mass is 569 g/mol. The van der Waals surface area contributed by atoms with Gasteiger partial charge in [0.2, 0.25) is 0 Å². The maximum Gasteiger partial charge on any atom is 0.530 e. The van der Waals surface area contributed by atoms with Gasteiger partial charge < -0.3 is 19.5 Å². The average Bonchev–Trinajstić information content (AvgIpc) is 3.02. The summed E-state index contributed by atoms with van der Waals surface area (Å²) < 4.78 is 89.3. The summed E-state index contributed by atoms with van der Waals surface area (Å²) in [5, 5.41) is 20.2. The van der Waals surface area contributed by atoms with Gasteiger partial charge in [0.25, 0.3) is 11.4 Å². The standard InChI is InChI=1S/C22H26ClF2N2O9P/c1-9(2)11-5-12(10(3)4)17-13(15(11)24)7-33-37(32,36-17)34-8-22(25)18(29)16(28)20(35-22)27-6-14(23)19(30)26-21(27)31/h5-6,9-10,16,18,20,28-29H,7-8H2,1-4H3,(H,26,30,31)/t16-,18+,20-,22-,37?/m1/s1/i8D2,20D. The highest BCUT2D eigenvalue weighted by Gasteiger charge is 2.58. The predicted octanol–water partition coefficient (Wildman–Crippen LogP) is 3.23. The molecule has 0 aliphatic carbocycles. The molecule has 3 N–H and O–H groups in total. The van der Waals surface area contributed by atoms with E-state index in [0.717, 1.165) is 0 Å². The number of nitrogens with one attached hydrogen (secondary N) is 1. The zero-order chi connectivity index (χ0) is 30.2. The minimum absolute atomic E-state index is 0.109. The normalized spacial score (nSPS) is 33.1. The second-order valence-electron chi connectivity index (χ2n) is 9.07. The van der Waals surface area contributed by atoms with Crippen LogP contribution in [0.3, 0.4) is 0 Å². The van der Waals surface area contributed by atoms with E-state index in [1.165, 1.54) is 6.07 Å². The number of alkyl halides is 1. The van der Waals surface area contributed by atoms with Crippen LogP contribution in [0, 0.1) is 5.82 Å². The number of aliphatic hydroxyl groups excluding tert-OH is 2. The summed E-state index contributed by atoms with van der Waals surface area (Å²) in [6.07, 6.45) is -8.40. The van der Waals surface area contributed by atoms with Crippen LogP contribution in [-0.4, -0.2) is 44.4 Å². The van der Waals surface area contributed by atoms with Crippen molar-refractivity contribution in [3.8, 4) is 5.75 Å². The number of aliphatic hydroxyl groups is 2. The number of rotatable bonds is 6. The van der Waals surface area contributed by atoms with Crippen molar-refractivity contribution >= 4 is 19.4 Å². The van der Waals surface area contributed by atoms with Crippen molar-refractivity contribution in [1.29, 1.82) is 0 Å². The Kier molecular flexibility index (Phi) is 6.40. The van der Waals surface area contributed by atoms with Crippen LogP contribution >= 0.6 is 19.4 Å². The third-order valence-electron chi connectivity index (χ3n) is 5.80. The Bertz CT molecular complexity index is 1520. The van der Waals surface area contributed by atoms with Crippen molar-refractivity contribution in [2.24, 2.45) is 0 Å². The fourth-order valence-electron chi connectivity index (χ4n) is 3.77. The van der Waals surface area contributed by atoms with Crippen LogP contribution in [0.25, 0.3) is 0 Å². The lowest BCUT2D eigenvalue weighted by Crippen LogP contribution is -2.43. The number of nitrogens with zero attached hydrogens (tertiary/aromatic N) is 1. The minimum Gasteiger partial charge on any atom is -0.403 e. The first-order valence-corrected chi connectivity index (χ1v) is 12.9. The van der Waals surface area contributed by atoms with Crippen LogP contribution in [0.15, 0.2) is 21.9 Å². The summed E-state index contributed by atoms with van der Waals surface area (Å²) >= 11 is 5.66. The summed E-state index contributed by atoms with van der Waals surface area (Å²) in [7, 11) is -5.12. The lowest BCUT2D eigenvalue weighted by molar-refractivity contribution is -0.205. The van der Waals surface area contributed by atoms with E-state index in [1.54, 1.807) is 32.7 Å². The quantitative estimate of drug-likeness (QED) is 0.446. The first-order valence-electron chi connectivity index (χ1n) is 12.5. The van der Waals surface area contributed by atoms with Crippen molar-refractivity contribution in [3.05, 3.63) is 60.6 Å². The molecule has 0 bridgehead atoms. The van der Waals surface area contributed by atoms with Crippen molar-refractivity contribution in [1.82, 2.24) is 9.55 Å². The molecular formula is C22H26ClF2N2O9P. The van der Waals surface area contributed by atoms with Gasteiger partial charge in [-0.25, -0.2) is 18.1 Å². The van der Waals surface area contributed by atoms with Crippen LogP contribution in [0.1, 0.15) is 66.5 Å². The Labute approximate surface area is 218 Å². The number of aromatic amines is 1. The van der Waals surface area contributed by atoms with Crippen LogP contribution < -0.4 is 15.8 Å². The molecule has 2 aliphatic heterocycles. The van der Waals surface area contributed by atoms with Crippen LogP contribution in [-0.2, 0) is 25.0 Å². The van der Waals surface area contributed by atoms with E-state index in [0.29, 0.717) is 17.3 Å². The number of hydrogen-bond donors (Lipinski definition) is 3. The molecule has 1 fully saturated rings. The van der Waals surface area contributed by atoms with Gasteiger partial charge in [-0.05, 0) is 29.0 Å². The number of fused-ring (bicyclic) bond motifs is 1. The van der Waals surface area contributed by atoms with Gasteiger partial charge in [-0.1, -0.05) is 39.3 Å². The second-order valence-corrected chi connectivity index (χ2v) is 11.0. The average molecular weight is 570 g/mol. The highest BCUT2D eigenvalue weighted by Crippen LogP contribution is 2.58. The van der Waals surface area contributed by atoms with Gasteiger partial charge >= 0.3 is 13.5 Å². The maximum absolute atomic E-state index is 16.1. The zero-order valence-corrected chi connectivity index (χ0v) is 21.6. The molecule has 2 aliphatic rings. The Morgan fingerprint density at radius 2 is 2.00 bits per heavy atom. The molecule has 0 amide bonds. The summed E-state index contributed by atoms with van der Waals surface area (Å²) in [4.78, 5) is 25.5. The summed E-state index contributed by atoms with van der Waals surface area (Å²) in [6.45, 7) is 2.28. The Hall–Kier alpha value is -2.12. The number of ether oxygens (including phenoxy) is 1. The first-order chi connectivity index (χ1) is 18.3. The van der Waals surface area contributed by atoms with Gasteiger partial charge in [-0.2, -0.15) is 0 Å². The molecule has 3 heterocycles. The Morgan fingerprint density at radius 1 is 1.35 bits per heavy atom. The number of halogens is 3. The summed E-state index contributed by atoms with van der Waals surface area (Å²) in [6, 6.07) is 1.49. The van der Waals surface area contributed by atoms with E-state index < -0.39 is 67.3 Å². The van der Waals surface area contributed by atoms with Gasteiger partial charge in [0, 0.05) is 6.20 Å². The Balaban J connectivity index is 1.71. The number of benzene rings is 1. The second kappa shape index (κ2) is 9.88. The molecule has 1 saturated heterocycles. The molecule has 2 aromatic rings. The SMILES string of the molecule is [2H]C([2H])(OP1(=O)OCc2c(F)c(C(C)C)cc(C(C)C)c2O1)[C@@]1(F)O[C@@]([2H])(n2cc(Cl)c(=O)[nH]c2=O)[C@H](O)[C@@H]1O. The molecular weight excluding hydrogens is 541 g/mol. The molecule has 15 heteroatoms. The number of hydrogen-bond acceptors (Lipinski definition) is 9. The van der Waals surface area contributed by atoms with Gasteiger partial charge in [0.15, 0.2) is 6.20 Å². The van der Waals surface area contributed by atoms with E-state index in [2.05, 4.69) is 0 Å². The van der Waals surface area contributed by atoms with Gasteiger partial charge in [-0.15, -0.1) is 0 Å². The maximum atomic E-state index is 16.1. The predicted molar refractivity (Wildman–Crippen MR) is 126 cm³/mol. The van der Waals surface area contributed by atoms with Gasteiger partial charge in [-0.3, -0.25) is 23.4 Å². The van der Waals surface area contributed by atoms with E-state index in [1.807, 2.05) is 0 Å². The highest BCUT2D eigenvalue weighted by atomic mass is 35.5. The highest BCUT2D eigenvalue weighted by molar-refractivity contribution is 7.49. The topological polar surface area (TPSA) is 149 Å². The minimum atomic E-state index is -5.12. The largest absolute Gasteiger partial charge is 0.530 e. The number of aromatic nitrogens is 2. The molecule has 37 heavy (non-hydrogen) atoms. The van der Waals surface area contributed by atoms with E-state index in [-0.39, 0.29) is 27.7 Å². The lowest BCUT2D eigenvalue weighted by atomic mass is 9.91. The smallest absolute Gasteiger partial charge is 0.403 e. The first kappa shape index (κ1) is 24.0. The van der Waals surface area contributed by atoms with Gasteiger partial charge in [0.1, 0.15) is 35.4 Å². The van der Waals surface area contributed by atoms with Crippen LogP contribution in [0.5, 0.6) is 5.75 Å². The third-order valence-corrected chi connectivity index (χ3v) is 7.23. The zero-order valence-electron chi connectivity index (χ0n) is 23.0. The summed E-state index contributed by atoms with van der Waals surface area (Å²) in [5.41, 5.74) is -1.92. The molecule has 0 spiro atoms. The molecule has 1 unspecified atom stereocenters. The molecule has 0 radical (unpaired) electrons. The van der Waals surface area contributed by atoms with E-state index >= 15 is 8.78 Å². The fraction of sp³-hybridized carbons (Fsp3) is 0.545. The molecule has 0 saturated carbocycles. The van der Waals surface area contributed by atoms with E-state index in [9.17, 15) is 24.4 Å². The molecule has 5 atom stereocenters. The molecule has 1 aromatic carbocycles. The van der Waals surface area contributed by atoms with Crippen LogP contribution in [0.2, 0.25) is 5.02 Å². The third kappa shape index (κ3) is 5.01. The van der Waals surface area contributed by atoms with Crippen LogP contribution in [0.4, 0.5) is 8.78 Å². The van der Waals surface area contributed by atoms with Crippen molar-refractivity contribution in [2.45, 2.75) is 70.4 Å². The van der Waals surface area contributed by atoms with Crippen molar-refractivity contribution in [3.63, 3.8) is 0 Å². The van der Waals surface area contributed by atoms with Crippen molar-refractivity contribution < 1.29 is 46.0 Å².